The first-order valence-corrected chi connectivity index (χ1v) is 24.8. The van der Waals surface area contributed by atoms with Gasteiger partial charge in [0.2, 0.25) is 34.5 Å². The Morgan fingerprint density at radius 2 is 0.798 bits per heavy atom. The van der Waals surface area contributed by atoms with Crippen molar-refractivity contribution in [2.75, 3.05) is 120 Å². The molecule has 0 amide bonds. The molecular weight excluding hydrogens is 1120 g/mol. The van der Waals surface area contributed by atoms with E-state index in [9.17, 15) is 14.4 Å². The fourth-order valence-corrected chi connectivity index (χ4v) is 9.47. The van der Waals surface area contributed by atoms with Gasteiger partial charge in [-0.2, -0.15) is 0 Å². The van der Waals surface area contributed by atoms with Crippen molar-refractivity contribution >= 4 is 29.8 Å². The summed E-state index contributed by atoms with van der Waals surface area (Å²) in [6.07, 6.45) is -9.14. The maximum absolute atomic E-state index is 15.9. The van der Waals surface area contributed by atoms with Crippen LogP contribution in [-0.2, 0) is 33.2 Å². The van der Waals surface area contributed by atoms with Gasteiger partial charge in [-0.05, 0) is 30.3 Å². The molecule has 452 valence electrons. The van der Waals surface area contributed by atoms with Gasteiger partial charge in [0.05, 0.1) is 129 Å². The Balaban J connectivity index is 1.54. The van der Waals surface area contributed by atoms with Gasteiger partial charge in [-0.3, -0.25) is 0 Å². The van der Waals surface area contributed by atoms with E-state index in [-0.39, 0.29) is 125 Å². The van der Waals surface area contributed by atoms with Crippen LogP contribution in [0, 0.1) is 0 Å². The largest absolute Gasteiger partial charge is 0.493 e. The number of hydrogen-bond acceptors (Lipinski definition) is 27. The van der Waals surface area contributed by atoms with Gasteiger partial charge in [-0.25, -0.2) is 24.0 Å². The molecule has 7 rings (SSSR count). The maximum atomic E-state index is 15.9. The third kappa shape index (κ3) is 11.5. The highest BCUT2D eigenvalue weighted by Crippen LogP contribution is 2.57. The first-order chi connectivity index (χ1) is 40.5. The van der Waals surface area contributed by atoms with Gasteiger partial charge in [0.1, 0.15) is 18.3 Å². The summed E-state index contributed by atoms with van der Waals surface area (Å²) in [6.45, 7) is -0.793. The lowest BCUT2D eigenvalue weighted by Gasteiger charge is -2.44. The molecule has 27 heteroatoms. The zero-order valence-electron chi connectivity index (χ0n) is 48.7. The summed E-state index contributed by atoms with van der Waals surface area (Å²) in [5.41, 5.74) is -1.99. The minimum atomic E-state index is -1.97. The third-order valence-corrected chi connectivity index (χ3v) is 13.3. The van der Waals surface area contributed by atoms with Crippen molar-refractivity contribution in [1.29, 1.82) is 0 Å². The van der Waals surface area contributed by atoms with E-state index in [1.54, 1.807) is 0 Å². The highest BCUT2D eigenvalue weighted by atomic mass is 16.7. The highest BCUT2D eigenvalue weighted by Gasteiger charge is 2.54. The normalized spacial score (nSPS) is 17.0. The van der Waals surface area contributed by atoms with E-state index in [0.717, 1.165) is 13.2 Å². The van der Waals surface area contributed by atoms with Gasteiger partial charge in [-0.15, -0.1) is 0 Å². The van der Waals surface area contributed by atoms with Crippen LogP contribution in [0.4, 0.5) is 0 Å². The second-order valence-electron chi connectivity index (χ2n) is 17.4. The minimum absolute atomic E-state index is 0.0321. The first kappa shape index (κ1) is 62.0. The van der Waals surface area contributed by atoms with Crippen LogP contribution in [0.1, 0.15) is 51.8 Å². The molecule has 2 aliphatic rings. The SMILES string of the molecule is COC(=O)c1cc(OC)c(OC)c(OC)c1Oc1cc2c(c(OC)c1OC)-c1c(cc(OC)c(OC)c1OC)C(=O)OC[C@H]1O[C@H](OC)[C@H](OC(=O)c3cc(OC)c(OC)c(OC)c3)[C@@H](OC(=O)c3cc(OC)c(OC)c(OC)c3)[C@@H]1OC2=O. The Labute approximate surface area is 481 Å². The molecule has 5 atom stereocenters. The predicted octanol–water partition coefficient (Wildman–Crippen LogP) is 6.57. The fraction of sp³-hybridized carbons (Fsp3) is 0.386. The molecule has 0 bridgehead atoms. The molecule has 0 radical (unpaired) electrons. The highest BCUT2D eigenvalue weighted by molar-refractivity contribution is 6.09. The number of benzene rings is 5. The lowest BCUT2D eigenvalue weighted by molar-refractivity contribution is -0.291. The van der Waals surface area contributed by atoms with E-state index in [0.29, 0.717) is 0 Å². The van der Waals surface area contributed by atoms with Gasteiger partial charge in [0.15, 0.2) is 82.1 Å². The van der Waals surface area contributed by atoms with Crippen molar-refractivity contribution < 1.29 is 128 Å². The molecule has 0 unspecified atom stereocenters. The number of cyclic esters (lactones) is 1. The van der Waals surface area contributed by atoms with Gasteiger partial charge in [-0.1, -0.05) is 0 Å². The van der Waals surface area contributed by atoms with E-state index in [1.807, 2.05) is 0 Å². The van der Waals surface area contributed by atoms with E-state index < -0.39 is 72.7 Å². The van der Waals surface area contributed by atoms with E-state index in [1.165, 1.54) is 143 Å². The molecule has 0 spiro atoms. The van der Waals surface area contributed by atoms with Crippen LogP contribution in [0.15, 0.2) is 42.5 Å². The quantitative estimate of drug-likeness (QED) is 0.0523. The third-order valence-electron chi connectivity index (χ3n) is 13.3. The summed E-state index contributed by atoms with van der Waals surface area (Å²) in [5, 5.41) is 0. The van der Waals surface area contributed by atoms with E-state index >= 15 is 9.59 Å². The molecule has 0 N–H and O–H groups in total. The molecule has 2 heterocycles. The zero-order valence-corrected chi connectivity index (χ0v) is 48.7. The maximum Gasteiger partial charge on any atom is 0.341 e. The summed E-state index contributed by atoms with van der Waals surface area (Å²) in [4.78, 5) is 74.0. The summed E-state index contributed by atoms with van der Waals surface area (Å²) in [6, 6.07) is 8.79. The van der Waals surface area contributed by atoms with Gasteiger partial charge in [0, 0.05) is 30.4 Å². The van der Waals surface area contributed by atoms with Gasteiger partial charge in [0.25, 0.3) is 0 Å². The summed E-state index contributed by atoms with van der Waals surface area (Å²) in [5.74, 6) is -6.98. The van der Waals surface area contributed by atoms with Crippen LogP contribution in [0.2, 0.25) is 0 Å². The van der Waals surface area contributed by atoms with Crippen molar-refractivity contribution in [2.24, 2.45) is 0 Å². The van der Waals surface area contributed by atoms with Crippen LogP contribution >= 0.6 is 0 Å². The second-order valence-corrected chi connectivity index (χ2v) is 17.4. The van der Waals surface area contributed by atoms with Crippen molar-refractivity contribution in [2.45, 2.75) is 30.7 Å². The van der Waals surface area contributed by atoms with E-state index in [4.69, 9.17) is 104 Å². The zero-order chi connectivity index (χ0) is 61.3. The number of carbonyl (C=O) groups excluding carboxylic acids is 5. The molecule has 0 aliphatic carbocycles. The Hall–Kier alpha value is -9.63. The number of fused-ring (bicyclic) bond motifs is 4. The Bertz CT molecular complexity index is 3250. The Kier molecular flexibility index (Phi) is 19.9. The second kappa shape index (κ2) is 27.0. The van der Waals surface area contributed by atoms with Gasteiger partial charge < -0.3 is 104 Å². The molecule has 0 saturated carbocycles. The molecule has 0 aromatic heterocycles. The fourth-order valence-electron chi connectivity index (χ4n) is 9.47. The average molecular weight is 1180 g/mol. The molecular formula is C57H62O27. The number of rotatable bonds is 22. The number of carbonyl (C=O) groups is 5. The Morgan fingerprint density at radius 3 is 1.23 bits per heavy atom. The van der Waals surface area contributed by atoms with Crippen LogP contribution in [0.5, 0.6) is 92.0 Å². The summed E-state index contributed by atoms with van der Waals surface area (Å²) in [7, 11) is 20.5. The smallest absolute Gasteiger partial charge is 0.341 e. The standard InChI is InChI=1S/C57H62O27/c1-63-30-17-25(18-31(64-2)41(30)69-7)52(58)83-50-46-37(81-57(78-16)51(50)84-53(59)26-19-32(65-3)42(70-8)33(20-26)66-4)24-79-55(61)27-21-34(67-5)43(71-9)47(74-12)38(27)39-28(56(62)82-46)22-36(45(73-11)48(39)75-13)80-40-29(54(60)77-15)23-35(68-6)44(72-10)49(40)76-14/h17-23,37,46,50-51,57H,24H2,1-16H3/t37-,46-,50+,51-,57+/m1/s1. The minimum Gasteiger partial charge on any atom is -0.493 e. The molecule has 27 nitrogen and oxygen atoms in total. The monoisotopic (exact) mass is 1180 g/mol. The number of ether oxygens (including phenoxy) is 22. The van der Waals surface area contributed by atoms with E-state index in [2.05, 4.69) is 0 Å². The molecule has 1 saturated heterocycles. The molecule has 1 fully saturated rings. The topological polar surface area (TPSA) is 288 Å². The van der Waals surface area contributed by atoms with Crippen LogP contribution in [0.25, 0.3) is 11.1 Å². The summed E-state index contributed by atoms with van der Waals surface area (Å²) < 4.78 is 128. The van der Waals surface area contributed by atoms with Crippen molar-refractivity contribution in [3.05, 3.63) is 70.3 Å². The van der Waals surface area contributed by atoms with Gasteiger partial charge >= 0.3 is 29.8 Å². The number of esters is 5. The summed E-state index contributed by atoms with van der Waals surface area (Å²) >= 11 is 0. The molecule has 5 aromatic carbocycles. The number of methoxy groups -OCH3 is 16. The van der Waals surface area contributed by atoms with Crippen molar-refractivity contribution in [3.63, 3.8) is 0 Å². The predicted molar refractivity (Wildman–Crippen MR) is 288 cm³/mol. The lowest BCUT2D eigenvalue weighted by atomic mass is 9.91. The molecule has 5 aromatic rings. The van der Waals surface area contributed by atoms with Crippen molar-refractivity contribution in [3.8, 4) is 103 Å². The van der Waals surface area contributed by atoms with Crippen molar-refractivity contribution in [1.82, 2.24) is 0 Å². The molecule has 2 aliphatic heterocycles. The molecule has 84 heavy (non-hydrogen) atoms. The number of hydrogen-bond donors (Lipinski definition) is 0. The van der Waals surface area contributed by atoms with Crippen LogP contribution in [0.3, 0.4) is 0 Å². The average Bonchev–Trinajstić information content (AvgIpc) is 1.39. The first-order valence-electron chi connectivity index (χ1n) is 24.8. The Morgan fingerprint density at radius 1 is 0.405 bits per heavy atom. The van der Waals surface area contributed by atoms with Crippen LogP contribution in [-0.4, -0.2) is 181 Å². The van der Waals surface area contributed by atoms with Crippen LogP contribution < -0.4 is 71.1 Å². The lowest BCUT2D eigenvalue weighted by Crippen LogP contribution is -2.63.